The highest BCUT2D eigenvalue weighted by Crippen LogP contribution is 2.25. The molecule has 1 aliphatic carbocycles. The highest BCUT2D eigenvalue weighted by Gasteiger charge is 2.29. The standard InChI is InChI=1S/C25H26F2N4O4/c26-24(27)35-19-10-6-15(7-11-19)17-12-28-25(29-13-17)30-18-8-4-16(5-9-18)20(14-32)23(34)31-21-2-1-3-22(21)33/h4-13,20-22,24,32-33H,1-3,14H2,(H,31,34)(H,28,29,30)/t20-,21-,22-/m1/s1. The maximum atomic E-state index is 12.6. The first-order chi connectivity index (χ1) is 16.9. The lowest BCUT2D eigenvalue weighted by Gasteiger charge is -2.21. The van der Waals surface area contributed by atoms with Gasteiger partial charge in [0.05, 0.1) is 24.7 Å². The average Bonchev–Trinajstić information content (AvgIpc) is 3.25. The number of aliphatic hydroxyl groups is 2. The second-order valence-electron chi connectivity index (χ2n) is 8.29. The van der Waals surface area contributed by atoms with Gasteiger partial charge in [0.25, 0.3) is 0 Å². The van der Waals surface area contributed by atoms with E-state index in [2.05, 4.69) is 25.3 Å². The zero-order chi connectivity index (χ0) is 24.8. The van der Waals surface area contributed by atoms with Crippen LogP contribution in [0.5, 0.6) is 5.75 Å². The number of anilines is 2. The molecule has 2 aromatic carbocycles. The Balaban J connectivity index is 1.36. The minimum Gasteiger partial charge on any atom is -0.435 e. The lowest BCUT2D eigenvalue weighted by atomic mass is 9.98. The first-order valence-corrected chi connectivity index (χ1v) is 11.3. The third kappa shape index (κ3) is 6.28. The zero-order valence-corrected chi connectivity index (χ0v) is 18.8. The maximum absolute atomic E-state index is 12.6. The number of hydrogen-bond acceptors (Lipinski definition) is 7. The molecule has 3 atom stereocenters. The summed E-state index contributed by atoms with van der Waals surface area (Å²) in [5.41, 5.74) is 2.80. The minimum atomic E-state index is -2.87. The normalized spacial score (nSPS) is 18.3. The monoisotopic (exact) mass is 484 g/mol. The molecule has 4 N–H and O–H groups in total. The SMILES string of the molecule is O=C(N[C@@H]1CCC[C@H]1O)[C@H](CO)c1ccc(Nc2ncc(-c3ccc(OC(F)F)cc3)cn2)cc1. The van der Waals surface area contributed by atoms with Gasteiger partial charge >= 0.3 is 6.61 Å². The van der Waals surface area contributed by atoms with Crippen LogP contribution in [-0.4, -0.2) is 51.5 Å². The number of aromatic nitrogens is 2. The molecule has 0 spiro atoms. The number of benzene rings is 2. The topological polar surface area (TPSA) is 117 Å². The van der Waals surface area contributed by atoms with E-state index in [1.165, 1.54) is 12.1 Å². The van der Waals surface area contributed by atoms with Gasteiger partial charge in [0, 0.05) is 23.6 Å². The molecule has 0 aliphatic heterocycles. The Morgan fingerprint density at radius 3 is 2.29 bits per heavy atom. The molecule has 0 radical (unpaired) electrons. The highest BCUT2D eigenvalue weighted by atomic mass is 19.3. The fourth-order valence-corrected chi connectivity index (χ4v) is 4.03. The third-order valence-electron chi connectivity index (χ3n) is 5.94. The predicted octanol–water partition coefficient (Wildman–Crippen LogP) is 3.59. The molecule has 0 bridgehead atoms. The van der Waals surface area contributed by atoms with Crippen LogP contribution in [-0.2, 0) is 4.79 Å². The Bertz CT molecular complexity index is 1110. The average molecular weight is 485 g/mol. The summed E-state index contributed by atoms with van der Waals surface area (Å²) in [6, 6.07) is 12.9. The van der Waals surface area contributed by atoms with E-state index in [1.54, 1.807) is 48.8 Å². The molecule has 0 saturated heterocycles. The molecule has 1 fully saturated rings. The van der Waals surface area contributed by atoms with Gasteiger partial charge in [-0.25, -0.2) is 9.97 Å². The minimum absolute atomic E-state index is 0.0726. The number of alkyl halides is 2. The van der Waals surface area contributed by atoms with Crippen molar-refractivity contribution in [3.8, 4) is 16.9 Å². The van der Waals surface area contributed by atoms with E-state index in [4.69, 9.17) is 0 Å². The van der Waals surface area contributed by atoms with Crippen molar-refractivity contribution in [2.24, 2.45) is 0 Å². The van der Waals surface area contributed by atoms with Crippen molar-refractivity contribution >= 4 is 17.5 Å². The fourth-order valence-electron chi connectivity index (χ4n) is 4.03. The number of hydrogen-bond donors (Lipinski definition) is 4. The van der Waals surface area contributed by atoms with E-state index in [0.717, 1.165) is 18.4 Å². The van der Waals surface area contributed by atoms with Crippen molar-refractivity contribution in [3.63, 3.8) is 0 Å². The number of nitrogens with zero attached hydrogens (tertiary/aromatic N) is 2. The van der Waals surface area contributed by atoms with Gasteiger partial charge in [0.2, 0.25) is 11.9 Å². The molecule has 3 aromatic rings. The number of rotatable bonds is 9. The van der Waals surface area contributed by atoms with Crippen LogP contribution in [0.1, 0.15) is 30.7 Å². The van der Waals surface area contributed by atoms with Crippen LogP contribution in [0.2, 0.25) is 0 Å². The van der Waals surface area contributed by atoms with Gasteiger partial charge in [-0.15, -0.1) is 0 Å². The number of carbonyl (C=O) groups excluding carboxylic acids is 1. The number of amides is 1. The molecule has 184 valence electrons. The molecular formula is C25H26F2N4O4. The van der Waals surface area contributed by atoms with Gasteiger partial charge in [0.1, 0.15) is 5.75 Å². The van der Waals surface area contributed by atoms with Crippen LogP contribution < -0.4 is 15.4 Å². The van der Waals surface area contributed by atoms with Crippen molar-refractivity contribution in [2.45, 2.75) is 43.9 Å². The molecule has 35 heavy (non-hydrogen) atoms. The van der Waals surface area contributed by atoms with Gasteiger partial charge < -0.3 is 25.6 Å². The van der Waals surface area contributed by atoms with Crippen LogP contribution in [0, 0.1) is 0 Å². The summed E-state index contributed by atoms with van der Waals surface area (Å²) in [4.78, 5) is 21.2. The van der Waals surface area contributed by atoms with Crippen LogP contribution in [0.3, 0.4) is 0 Å². The zero-order valence-electron chi connectivity index (χ0n) is 18.8. The Morgan fingerprint density at radius 2 is 1.71 bits per heavy atom. The molecule has 1 heterocycles. The molecule has 8 nitrogen and oxygen atoms in total. The van der Waals surface area contributed by atoms with Crippen molar-refractivity contribution in [2.75, 3.05) is 11.9 Å². The van der Waals surface area contributed by atoms with E-state index in [1.807, 2.05) is 0 Å². The maximum Gasteiger partial charge on any atom is 0.387 e. The summed E-state index contributed by atoms with van der Waals surface area (Å²) in [6.07, 6.45) is 4.93. The summed E-state index contributed by atoms with van der Waals surface area (Å²) in [5.74, 6) is -0.619. The van der Waals surface area contributed by atoms with Crippen LogP contribution in [0.4, 0.5) is 20.4 Å². The van der Waals surface area contributed by atoms with Crippen molar-refractivity contribution < 1.29 is 28.5 Å². The van der Waals surface area contributed by atoms with Crippen LogP contribution >= 0.6 is 0 Å². The molecular weight excluding hydrogens is 458 g/mol. The Labute approximate surface area is 201 Å². The van der Waals surface area contributed by atoms with Gasteiger partial charge in [-0.05, 0) is 54.7 Å². The molecule has 1 aromatic heterocycles. The quantitative estimate of drug-likeness (QED) is 0.367. The summed E-state index contributed by atoms with van der Waals surface area (Å²) >= 11 is 0. The number of nitrogens with one attached hydrogen (secondary N) is 2. The van der Waals surface area contributed by atoms with E-state index in [0.29, 0.717) is 29.2 Å². The highest BCUT2D eigenvalue weighted by molar-refractivity contribution is 5.84. The summed E-state index contributed by atoms with van der Waals surface area (Å²) in [6.45, 7) is -3.22. The molecule has 4 rings (SSSR count). The second-order valence-corrected chi connectivity index (χ2v) is 8.29. The number of carbonyl (C=O) groups is 1. The van der Waals surface area contributed by atoms with Crippen molar-refractivity contribution in [1.82, 2.24) is 15.3 Å². The first kappa shape index (κ1) is 24.5. The molecule has 0 unspecified atom stereocenters. The van der Waals surface area contributed by atoms with Gasteiger partial charge in [0.15, 0.2) is 0 Å². The number of ether oxygens (including phenoxy) is 1. The Morgan fingerprint density at radius 1 is 1.03 bits per heavy atom. The molecule has 10 heteroatoms. The second kappa shape index (κ2) is 11.2. The van der Waals surface area contributed by atoms with E-state index >= 15 is 0 Å². The summed E-state index contributed by atoms with van der Waals surface area (Å²) in [5, 5.41) is 25.6. The van der Waals surface area contributed by atoms with E-state index in [9.17, 15) is 23.8 Å². The predicted molar refractivity (Wildman–Crippen MR) is 125 cm³/mol. The molecule has 1 aliphatic rings. The number of aliphatic hydroxyl groups excluding tert-OH is 2. The molecule has 1 amide bonds. The Kier molecular flexibility index (Phi) is 7.84. The van der Waals surface area contributed by atoms with Gasteiger partial charge in [-0.1, -0.05) is 24.3 Å². The summed E-state index contributed by atoms with van der Waals surface area (Å²) in [7, 11) is 0. The summed E-state index contributed by atoms with van der Waals surface area (Å²) < 4.78 is 28.9. The van der Waals surface area contributed by atoms with Crippen LogP contribution in [0.25, 0.3) is 11.1 Å². The van der Waals surface area contributed by atoms with E-state index < -0.39 is 18.6 Å². The number of halogens is 2. The Hall–Kier alpha value is -3.63. The largest absolute Gasteiger partial charge is 0.435 e. The van der Waals surface area contributed by atoms with Gasteiger partial charge in [-0.3, -0.25) is 4.79 Å². The molecule has 1 saturated carbocycles. The van der Waals surface area contributed by atoms with E-state index in [-0.39, 0.29) is 24.3 Å². The first-order valence-electron chi connectivity index (χ1n) is 11.3. The fraction of sp³-hybridized carbons (Fsp3) is 0.320. The lowest BCUT2D eigenvalue weighted by Crippen LogP contribution is -2.43. The van der Waals surface area contributed by atoms with Crippen LogP contribution in [0.15, 0.2) is 60.9 Å². The smallest absolute Gasteiger partial charge is 0.387 e. The van der Waals surface area contributed by atoms with Gasteiger partial charge in [-0.2, -0.15) is 8.78 Å². The third-order valence-corrected chi connectivity index (χ3v) is 5.94. The van der Waals surface area contributed by atoms with Crippen molar-refractivity contribution in [3.05, 3.63) is 66.5 Å². The lowest BCUT2D eigenvalue weighted by molar-refractivity contribution is -0.124. The van der Waals surface area contributed by atoms with Crippen molar-refractivity contribution in [1.29, 1.82) is 0 Å².